The second kappa shape index (κ2) is 14.5. The first-order chi connectivity index (χ1) is 8.13. The number of unbranched alkanes of at least 4 members (excludes halogenated alkanes) is 1. The van der Waals surface area contributed by atoms with E-state index < -0.39 is 36.0 Å². The average molecular weight is 326 g/mol. The van der Waals surface area contributed by atoms with Gasteiger partial charge in [0.05, 0.1) is 11.9 Å². The first kappa shape index (κ1) is 28.7. The Morgan fingerprint density at radius 2 is 1.45 bits per heavy atom. The molecule has 0 aromatic rings. The zero-order valence-electron chi connectivity index (χ0n) is 11.7. The molecule has 2 unspecified atom stereocenters. The molecule has 0 aliphatic heterocycles. The van der Waals surface area contributed by atoms with Crippen LogP contribution in [0.1, 0.15) is 33.1 Å². The molecule has 0 spiro atoms. The smallest absolute Gasteiger partial charge is 0.550 e. The predicted octanol–water partition coefficient (Wildman–Crippen LogP) is -7.85. The van der Waals surface area contributed by atoms with Crippen LogP contribution in [0.4, 0.5) is 0 Å². The van der Waals surface area contributed by atoms with Crippen LogP contribution in [0.2, 0.25) is 0 Å². The summed E-state index contributed by atoms with van der Waals surface area (Å²) in [6, 6.07) is 0. The Bertz CT molecular complexity index is 310. The Labute approximate surface area is 168 Å². The number of aliphatic hydroxyl groups excluding tert-OH is 1. The minimum absolute atomic E-state index is 0. The van der Waals surface area contributed by atoms with Gasteiger partial charge in [0, 0.05) is 12.4 Å². The third-order valence-electron chi connectivity index (χ3n) is 1.94. The molecule has 0 amide bonds. The summed E-state index contributed by atoms with van der Waals surface area (Å²) in [5, 5.41) is 47.8. The minimum atomic E-state index is -3.46. The molecule has 0 aliphatic carbocycles. The predicted molar refractivity (Wildman–Crippen MR) is 56.9 cm³/mol. The topological polar surface area (TPSA) is 161 Å². The van der Waals surface area contributed by atoms with E-state index in [2.05, 4.69) is 13.8 Å². The molecule has 0 heterocycles. The van der Waals surface area contributed by atoms with Crippen LogP contribution in [0.25, 0.3) is 0 Å². The number of aliphatic hydroxyl groups is 2. The minimum Gasteiger partial charge on any atom is -0.550 e. The summed E-state index contributed by atoms with van der Waals surface area (Å²) >= 11 is 0. The van der Waals surface area contributed by atoms with Crippen molar-refractivity contribution in [3.63, 3.8) is 0 Å². The molecule has 0 rings (SSSR count). The molecule has 2 N–H and O–H groups in total. The standard InChI is InChI=1S/C6H8O8.C4H10.Ca.Na/c7-2(8)1-6(14,5(12)13)3(9)4(10)11;1-3-4-2;;/h3,9,14H,1H2,(H,7,8)(H,10,11)(H,12,13);3-4H2,1-2H3;;/q;;+2;+1/p-3. The molecule has 0 aliphatic rings. The van der Waals surface area contributed by atoms with Crippen molar-refractivity contribution in [3.8, 4) is 0 Å². The van der Waals surface area contributed by atoms with Gasteiger partial charge < -0.3 is 39.9 Å². The van der Waals surface area contributed by atoms with Crippen molar-refractivity contribution in [1.82, 2.24) is 0 Å². The fourth-order valence-electron chi connectivity index (χ4n) is 0.695. The Kier molecular flexibility index (Phi) is 20.8. The Hall–Kier alpha value is 0.590. The number of carbonyl (C=O) groups is 3. The van der Waals surface area contributed by atoms with Crippen molar-refractivity contribution in [2.24, 2.45) is 0 Å². The monoisotopic (exact) mass is 326 g/mol. The van der Waals surface area contributed by atoms with E-state index >= 15 is 0 Å². The fourth-order valence-corrected chi connectivity index (χ4v) is 0.695. The maximum Gasteiger partial charge on any atom is 2.00 e. The van der Waals surface area contributed by atoms with E-state index in [9.17, 15) is 29.7 Å². The van der Waals surface area contributed by atoms with E-state index in [1.165, 1.54) is 12.8 Å². The molecule has 0 saturated heterocycles. The molecule has 2 atom stereocenters. The van der Waals surface area contributed by atoms with E-state index in [1.54, 1.807) is 0 Å². The van der Waals surface area contributed by atoms with E-state index in [1.807, 2.05) is 0 Å². The van der Waals surface area contributed by atoms with Gasteiger partial charge in [0.1, 0.15) is 11.7 Å². The third kappa shape index (κ3) is 11.3. The Morgan fingerprint density at radius 1 is 1.10 bits per heavy atom. The van der Waals surface area contributed by atoms with Crippen molar-refractivity contribution in [1.29, 1.82) is 0 Å². The third-order valence-corrected chi connectivity index (χ3v) is 1.94. The van der Waals surface area contributed by atoms with Crippen LogP contribution in [0, 0.1) is 0 Å². The van der Waals surface area contributed by atoms with Crippen molar-refractivity contribution in [3.05, 3.63) is 0 Å². The average Bonchev–Trinajstić information content (AvgIpc) is 2.26. The molecule has 106 valence electrons. The number of rotatable bonds is 6. The van der Waals surface area contributed by atoms with Gasteiger partial charge in [-0.3, -0.25) is 0 Å². The number of hydrogen-bond acceptors (Lipinski definition) is 8. The van der Waals surface area contributed by atoms with Gasteiger partial charge in [-0.05, 0) is 0 Å². The first-order valence-electron chi connectivity index (χ1n) is 5.16. The Balaban J connectivity index is -0.000000188. The summed E-state index contributed by atoms with van der Waals surface area (Å²) in [5.41, 5.74) is -3.46. The van der Waals surface area contributed by atoms with Crippen LogP contribution in [0.3, 0.4) is 0 Å². The summed E-state index contributed by atoms with van der Waals surface area (Å²) in [6.07, 6.45) is -1.89. The molecular weight excluding hydrogens is 311 g/mol. The second-order valence-electron chi connectivity index (χ2n) is 3.48. The van der Waals surface area contributed by atoms with Crippen molar-refractivity contribution >= 4 is 55.6 Å². The normalized spacial score (nSPS) is 13.2. The van der Waals surface area contributed by atoms with Gasteiger partial charge >= 0.3 is 67.3 Å². The van der Waals surface area contributed by atoms with Crippen molar-refractivity contribution in [2.45, 2.75) is 44.8 Å². The number of carboxylic acids is 3. The van der Waals surface area contributed by atoms with Gasteiger partial charge in [0.2, 0.25) is 0 Å². The maximum atomic E-state index is 10.2. The number of hydrogen-bond donors (Lipinski definition) is 2. The van der Waals surface area contributed by atoms with E-state index in [0.29, 0.717) is 0 Å². The molecule has 10 heteroatoms. The van der Waals surface area contributed by atoms with E-state index in [-0.39, 0.29) is 67.3 Å². The molecular formula is C10H15CaNaO8. The van der Waals surface area contributed by atoms with Gasteiger partial charge in [-0.15, -0.1) is 0 Å². The van der Waals surface area contributed by atoms with Crippen LogP contribution in [0.5, 0.6) is 0 Å². The molecule has 0 aromatic heterocycles. The van der Waals surface area contributed by atoms with Crippen molar-refractivity contribution in [2.75, 3.05) is 0 Å². The summed E-state index contributed by atoms with van der Waals surface area (Å²) in [7, 11) is 0. The zero-order valence-corrected chi connectivity index (χ0v) is 16.0. The largest absolute Gasteiger partial charge is 2.00 e. The molecule has 0 fully saturated rings. The second-order valence-corrected chi connectivity index (χ2v) is 3.48. The molecule has 0 aromatic carbocycles. The fraction of sp³-hybridized carbons (Fsp3) is 0.700. The molecule has 0 saturated carbocycles. The van der Waals surface area contributed by atoms with Crippen LogP contribution in [-0.4, -0.2) is 77.6 Å². The number of aliphatic carboxylic acids is 3. The molecule has 8 nitrogen and oxygen atoms in total. The van der Waals surface area contributed by atoms with Crippen LogP contribution in [0.15, 0.2) is 0 Å². The number of carbonyl (C=O) groups excluding carboxylic acids is 3. The van der Waals surface area contributed by atoms with E-state index in [0.717, 1.165) is 0 Å². The quantitative estimate of drug-likeness (QED) is 0.455. The summed E-state index contributed by atoms with van der Waals surface area (Å²) in [6.45, 7) is 4.36. The van der Waals surface area contributed by atoms with Gasteiger partial charge in [-0.2, -0.15) is 0 Å². The van der Waals surface area contributed by atoms with Gasteiger partial charge in [0.15, 0.2) is 0 Å². The summed E-state index contributed by atoms with van der Waals surface area (Å²) in [5.74, 6) is -6.84. The number of carboxylic acid groups (broad SMARTS) is 3. The van der Waals surface area contributed by atoms with Gasteiger partial charge in [0.25, 0.3) is 0 Å². The van der Waals surface area contributed by atoms with Gasteiger partial charge in [-0.25, -0.2) is 0 Å². The Morgan fingerprint density at radius 3 is 1.60 bits per heavy atom. The van der Waals surface area contributed by atoms with Gasteiger partial charge in [-0.1, -0.05) is 26.7 Å². The molecule has 20 heavy (non-hydrogen) atoms. The van der Waals surface area contributed by atoms with Crippen molar-refractivity contribution < 1.29 is 69.5 Å². The van der Waals surface area contributed by atoms with E-state index in [4.69, 9.17) is 10.2 Å². The zero-order chi connectivity index (χ0) is 14.9. The van der Waals surface area contributed by atoms with Crippen LogP contribution < -0.4 is 44.9 Å². The first-order valence-corrected chi connectivity index (χ1v) is 5.16. The summed E-state index contributed by atoms with van der Waals surface area (Å²) < 4.78 is 0. The van der Waals surface area contributed by atoms with Crippen LogP contribution >= 0.6 is 0 Å². The van der Waals surface area contributed by atoms with Crippen LogP contribution in [-0.2, 0) is 14.4 Å². The summed E-state index contributed by atoms with van der Waals surface area (Å²) in [4.78, 5) is 30.2. The molecule has 0 bridgehead atoms. The maximum absolute atomic E-state index is 10.2. The SMILES string of the molecule is CCCC.O=C([O-])CC(O)(C(=O)[O-])C(O)C(=O)[O-].[Ca+2].[Na+]. The molecule has 0 radical (unpaired) electrons.